The smallest absolute Gasteiger partial charge is 0.260 e. The largest absolute Gasteiger partial charge is 0.282 e. The Morgan fingerprint density at radius 1 is 1.14 bits per heavy atom. The summed E-state index contributed by atoms with van der Waals surface area (Å²) in [6.45, 7) is 9.85. The number of anilines is 1. The number of halogens is 1. The Balaban J connectivity index is 1.76. The Hall–Kier alpha value is -2.75. The van der Waals surface area contributed by atoms with Gasteiger partial charge < -0.3 is 0 Å². The number of amides is 1. The molecule has 0 saturated heterocycles. The van der Waals surface area contributed by atoms with Gasteiger partial charge in [0.1, 0.15) is 0 Å². The Morgan fingerprint density at radius 3 is 2.54 bits per heavy atom. The maximum absolute atomic E-state index is 13.8. The van der Waals surface area contributed by atoms with Crippen molar-refractivity contribution >= 4 is 54.0 Å². The van der Waals surface area contributed by atoms with Crippen molar-refractivity contribution in [3.8, 4) is 0 Å². The fourth-order valence-electron chi connectivity index (χ4n) is 3.87. The van der Waals surface area contributed by atoms with Crippen molar-refractivity contribution in [1.82, 2.24) is 14.8 Å². The lowest BCUT2D eigenvalue weighted by Gasteiger charge is -2.21. The highest BCUT2D eigenvalue weighted by molar-refractivity contribution is 7.92. The third kappa shape index (κ3) is 5.12. The van der Waals surface area contributed by atoms with Gasteiger partial charge in [-0.1, -0.05) is 29.0 Å². The number of hydrogen-bond donors (Lipinski definition) is 0. The fraction of sp³-hybridized carbons (Fsp3) is 0.320. The molecule has 7 nitrogen and oxygen atoms in total. The van der Waals surface area contributed by atoms with E-state index in [4.69, 9.17) is 16.6 Å². The lowest BCUT2D eigenvalue weighted by molar-refractivity contribution is 0.0985. The highest BCUT2D eigenvalue weighted by Gasteiger charge is 2.25. The number of aromatic nitrogens is 3. The summed E-state index contributed by atoms with van der Waals surface area (Å²) < 4.78 is 28.2. The second-order valence-corrected chi connectivity index (χ2v) is 12.7. The fourth-order valence-corrected chi connectivity index (χ4v) is 6.42. The van der Waals surface area contributed by atoms with Gasteiger partial charge in [-0.15, -0.1) is 0 Å². The van der Waals surface area contributed by atoms with Crippen molar-refractivity contribution < 1.29 is 13.2 Å². The molecule has 35 heavy (non-hydrogen) atoms. The van der Waals surface area contributed by atoms with E-state index >= 15 is 0 Å². The molecular weight excluding hydrogens is 504 g/mol. The average Bonchev–Trinajstić information content (AvgIpc) is 3.36. The van der Waals surface area contributed by atoms with E-state index in [1.165, 1.54) is 23.5 Å². The van der Waals surface area contributed by atoms with Gasteiger partial charge >= 0.3 is 0 Å². The van der Waals surface area contributed by atoms with E-state index in [1.54, 1.807) is 30.9 Å². The zero-order valence-electron chi connectivity index (χ0n) is 20.2. The minimum atomic E-state index is -3.52. The number of nitrogens with zero attached hydrogens (tertiary/aromatic N) is 4. The molecule has 0 spiro atoms. The van der Waals surface area contributed by atoms with E-state index in [0.29, 0.717) is 23.2 Å². The molecule has 0 aliphatic rings. The maximum Gasteiger partial charge on any atom is 0.260 e. The summed E-state index contributed by atoms with van der Waals surface area (Å²) >= 11 is 7.63. The molecule has 0 saturated carbocycles. The van der Waals surface area contributed by atoms with Crippen molar-refractivity contribution in [3.05, 3.63) is 70.0 Å². The van der Waals surface area contributed by atoms with Crippen molar-refractivity contribution in [2.45, 2.75) is 51.3 Å². The predicted molar refractivity (Wildman–Crippen MR) is 142 cm³/mol. The highest BCUT2D eigenvalue weighted by atomic mass is 35.5. The second-order valence-electron chi connectivity index (χ2n) is 8.79. The van der Waals surface area contributed by atoms with Crippen LogP contribution in [-0.2, 0) is 16.4 Å². The number of aryl methyl sites for hydroxylation is 3. The first-order valence-corrected chi connectivity index (χ1v) is 13.9. The number of rotatable bonds is 7. The molecule has 0 radical (unpaired) electrons. The molecule has 184 valence electrons. The summed E-state index contributed by atoms with van der Waals surface area (Å²) in [4.78, 5) is 20.3. The number of sulfone groups is 1. The van der Waals surface area contributed by atoms with Crippen LogP contribution in [0.15, 0.2) is 47.4 Å². The van der Waals surface area contributed by atoms with Gasteiger partial charge in [0, 0.05) is 22.8 Å². The number of carbonyl (C=O) groups excluding carboxylic acids is 1. The van der Waals surface area contributed by atoms with Crippen LogP contribution in [0.25, 0.3) is 10.2 Å². The average molecular weight is 531 g/mol. The number of benzene rings is 2. The molecule has 2 aromatic heterocycles. The Labute approximate surface area is 214 Å². The van der Waals surface area contributed by atoms with Crippen LogP contribution in [-0.4, -0.2) is 40.9 Å². The minimum absolute atomic E-state index is 0.128. The molecule has 0 atom stereocenters. The van der Waals surface area contributed by atoms with Crippen LogP contribution in [0.1, 0.15) is 41.2 Å². The second kappa shape index (κ2) is 9.72. The molecule has 4 rings (SSSR count). The molecule has 0 bridgehead atoms. The monoisotopic (exact) mass is 530 g/mol. The molecule has 2 heterocycles. The molecule has 10 heteroatoms. The molecule has 0 aliphatic heterocycles. The topological polar surface area (TPSA) is 85.2 Å². The van der Waals surface area contributed by atoms with Crippen LogP contribution in [0.3, 0.4) is 0 Å². The Morgan fingerprint density at radius 2 is 1.89 bits per heavy atom. The number of thiazole rings is 1. The Bertz CT molecular complexity index is 1520. The zero-order valence-corrected chi connectivity index (χ0v) is 22.6. The van der Waals surface area contributed by atoms with E-state index in [2.05, 4.69) is 5.10 Å². The quantitative estimate of drug-likeness (QED) is 0.310. The minimum Gasteiger partial charge on any atom is -0.282 e. The van der Waals surface area contributed by atoms with Gasteiger partial charge in [0.25, 0.3) is 5.91 Å². The van der Waals surface area contributed by atoms with Gasteiger partial charge in [-0.2, -0.15) is 5.10 Å². The van der Waals surface area contributed by atoms with Gasteiger partial charge in [-0.3, -0.25) is 14.4 Å². The van der Waals surface area contributed by atoms with Gasteiger partial charge in [0.05, 0.1) is 32.6 Å². The first-order valence-electron chi connectivity index (χ1n) is 11.2. The van der Waals surface area contributed by atoms with Crippen LogP contribution < -0.4 is 4.90 Å². The van der Waals surface area contributed by atoms with Crippen LogP contribution in [0.2, 0.25) is 5.02 Å². The summed E-state index contributed by atoms with van der Waals surface area (Å²) in [5.74, 6) is -0.324. The highest BCUT2D eigenvalue weighted by Crippen LogP contribution is 2.34. The van der Waals surface area contributed by atoms with E-state index in [-0.39, 0.29) is 16.4 Å². The first kappa shape index (κ1) is 25.3. The third-order valence-electron chi connectivity index (χ3n) is 5.78. The SMILES string of the molecule is Cc1cc(C)n(CCN(C(=O)c2cccc(S(=O)(=O)C(C)C)c2)c2nc3c(C)cc(Cl)cc3s2)n1. The summed E-state index contributed by atoms with van der Waals surface area (Å²) in [5.41, 5.74) is 3.89. The zero-order chi connectivity index (χ0) is 25.5. The van der Waals surface area contributed by atoms with E-state index in [1.807, 2.05) is 43.7 Å². The molecule has 0 fully saturated rings. The van der Waals surface area contributed by atoms with Crippen molar-refractivity contribution in [3.63, 3.8) is 0 Å². The van der Waals surface area contributed by atoms with Crippen molar-refractivity contribution in [1.29, 1.82) is 0 Å². The van der Waals surface area contributed by atoms with Gasteiger partial charge in [0.2, 0.25) is 0 Å². The number of carbonyl (C=O) groups is 1. The van der Waals surface area contributed by atoms with Crippen LogP contribution in [0, 0.1) is 20.8 Å². The standard InChI is InChI=1S/C25H27ClN4O3S2/c1-15(2)35(32,33)21-8-6-7-19(13-21)24(31)29(9-10-30-18(5)12-17(4)28-30)25-27-23-16(3)11-20(26)14-22(23)34-25/h6-8,11-15H,9-10H2,1-5H3. The lowest BCUT2D eigenvalue weighted by atomic mass is 10.2. The van der Waals surface area contributed by atoms with Gasteiger partial charge in [-0.25, -0.2) is 13.4 Å². The Kier molecular flexibility index (Phi) is 7.04. The van der Waals surface area contributed by atoms with E-state index in [9.17, 15) is 13.2 Å². The summed E-state index contributed by atoms with van der Waals surface area (Å²) in [6, 6.07) is 11.9. The normalized spacial score (nSPS) is 12.0. The lowest BCUT2D eigenvalue weighted by Crippen LogP contribution is -2.34. The van der Waals surface area contributed by atoms with E-state index in [0.717, 1.165) is 27.2 Å². The third-order valence-corrected chi connectivity index (χ3v) is 9.18. The van der Waals surface area contributed by atoms with Crippen molar-refractivity contribution in [2.24, 2.45) is 0 Å². The molecule has 0 aliphatic carbocycles. The van der Waals surface area contributed by atoms with Crippen LogP contribution in [0.5, 0.6) is 0 Å². The number of hydrogen-bond acceptors (Lipinski definition) is 6. The molecule has 0 N–H and O–H groups in total. The summed E-state index contributed by atoms with van der Waals surface area (Å²) in [7, 11) is -3.52. The van der Waals surface area contributed by atoms with Crippen molar-refractivity contribution in [2.75, 3.05) is 11.4 Å². The number of fused-ring (bicyclic) bond motifs is 1. The molecule has 2 aromatic carbocycles. The van der Waals surface area contributed by atoms with Gasteiger partial charge in [-0.05, 0) is 76.6 Å². The molecule has 1 amide bonds. The summed E-state index contributed by atoms with van der Waals surface area (Å²) in [6.07, 6.45) is 0. The molecular formula is C25H27ClN4O3S2. The molecule has 0 unspecified atom stereocenters. The predicted octanol–water partition coefficient (Wildman–Crippen LogP) is 5.60. The van der Waals surface area contributed by atoms with E-state index < -0.39 is 15.1 Å². The van der Waals surface area contributed by atoms with Crippen LogP contribution in [0.4, 0.5) is 5.13 Å². The maximum atomic E-state index is 13.8. The first-order chi connectivity index (χ1) is 16.5. The molecule has 4 aromatic rings. The van der Waals surface area contributed by atoms with Gasteiger partial charge in [0.15, 0.2) is 15.0 Å². The van der Waals surface area contributed by atoms with Crippen LogP contribution >= 0.6 is 22.9 Å². The summed E-state index contributed by atoms with van der Waals surface area (Å²) in [5, 5.41) is 5.05.